The van der Waals surface area contributed by atoms with Gasteiger partial charge in [0, 0.05) is 6.04 Å². The van der Waals surface area contributed by atoms with Crippen LogP contribution in [-0.4, -0.2) is 28.5 Å². The second-order valence-electron chi connectivity index (χ2n) is 4.47. The molecule has 0 saturated heterocycles. The average Bonchev–Trinajstić information content (AvgIpc) is 2.76. The highest BCUT2D eigenvalue weighted by molar-refractivity contribution is 7.17. The first kappa shape index (κ1) is 13.7. The van der Waals surface area contributed by atoms with Crippen LogP contribution in [-0.2, 0) is 11.3 Å². The number of aromatic nitrogens is 2. The number of thiophene rings is 1. The summed E-state index contributed by atoms with van der Waals surface area (Å²) in [7, 11) is 0. The fourth-order valence-electron chi connectivity index (χ4n) is 1.67. The number of aromatic amines is 1. The zero-order valence-corrected chi connectivity index (χ0v) is 11.6. The summed E-state index contributed by atoms with van der Waals surface area (Å²) in [4.78, 5) is 30.1. The summed E-state index contributed by atoms with van der Waals surface area (Å²) < 4.78 is 0.626. The van der Waals surface area contributed by atoms with Crippen molar-refractivity contribution >= 4 is 27.5 Å². The van der Waals surface area contributed by atoms with Gasteiger partial charge >= 0.3 is 0 Å². The van der Waals surface area contributed by atoms with E-state index in [2.05, 4.69) is 20.6 Å². The Balaban J connectivity index is 1.95. The third kappa shape index (κ3) is 3.62. The molecule has 2 aromatic heterocycles. The van der Waals surface area contributed by atoms with Crippen LogP contribution in [0.5, 0.6) is 0 Å². The highest BCUT2D eigenvalue weighted by Gasteiger charge is 2.06. The van der Waals surface area contributed by atoms with Crippen molar-refractivity contribution in [2.45, 2.75) is 26.4 Å². The summed E-state index contributed by atoms with van der Waals surface area (Å²) in [6.07, 6.45) is 0. The fourth-order valence-corrected chi connectivity index (χ4v) is 2.40. The first-order valence-corrected chi connectivity index (χ1v) is 6.90. The maximum Gasteiger partial charge on any atom is 0.268 e. The standard InChI is InChI=1S/C12H16N4O2S/c1-7(2)14-10(17)6-13-5-9-15-8-3-4-19-11(8)12(18)16-9/h3-4,7,13H,5-6H2,1-2H3,(H,14,17)(H,15,16,18). The molecule has 2 heterocycles. The minimum atomic E-state index is -0.136. The number of fused-ring (bicyclic) bond motifs is 1. The van der Waals surface area contributed by atoms with Gasteiger partial charge in [-0.1, -0.05) is 0 Å². The van der Waals surface area contributed by atoms with Crippen molar-refractivity contribution in [1.82, 2.24) is 20.6 Å². The van der Waals surface area contributed by atoms with E-state index in [0.717, 1.165) is 0 Å². The Bertz CT molecular complexity index is 632. The van der Waals surface area contributed by atoms with E-state index in [0.29, 0.717) is 22.6 Å². The van der Waals surface area contributed by atoms with Crippen LogP contribution in [0.3, 0.4) is 0 Å². The van der Waals surface area contributed by atoms with Gasteiger partial charge < -0.3 is 15.6 Å². The van der Waals surface area contributed by atoms with Crippen molar-refractivity contribution in [2.24, 2.45) is 0 Å². The van der Waals surface area contributed by atoms with Crippen molar-refractivity contribution in [3.05, 3.63) is 27.6 Å². The quantitative estimate of drug-likeness (QED) is 0.748. The predicted molar refractivity (Wildman–Crippen MR) is 75.2 cm³/mol. The van der Waals surface area contributed by atoms with E-state index in [-0.39, 0.29) is 24.1 Å². The largest absolute Gasteiger partial charge is 0.353 e. The minimum Gasteiger partial charge on any atom is -0.353 e. The van der Waals surface area contributed by atoms with Gasteiger partial charge in [-0.05, 0) is 25.3 Å². The summed E-state index contributed by atoms with van der Waals surface area (Å²) in [5.74, 6) is 0.460. The van der Waals surface area contributed by atoms with Crippen molar-refractivity contribution in [3.8, 4) is 0 Å². The van der Waals surface area contributed by atoms with Crippen molar-refractivity contribution in [1.29, 1.82) is 0 Å². The predicted octanol–water partition coefficient (Wildman–Crippen LogP) is 0.599. The van der Waals surface area contributed by atoms with E-state index in [9.17, 15) is 9.59 Å². The smallest absolute Gasteiger partial charge is 0.268 e. The number of carbonyl (C=O) groups is 1. The van der Waals surface area contributed by atoms with E-state index >= 15 is 0 Å². The van der Waals surface area contributed by atoms with Gasteiger partial charge in [-0.15, -0.1) is 11.3 Å². The van der Waals surface area contributed by atoms with Gasteiger partial charge in [0.2, 0.25) is 5.91 Å². The Labute approximate surface area is 114 Å². The van der Waals surface area contributed by atoms with Gasteiger partial charge in [0.05, 0.1) is 18.6 Å². The van der Waals surface area contributed by atoms with Gasteiger partial charge in [0.1, 0.15) is 10.5 Å². The molecule has 0 aliphatic carbocycles. The van der Waals surface area contributed by atoms with Crippen LogP contribution in [0.2, 0.25) is 0 Å². The van der Waals surface area contributed by atoms with Crippen molar-refractivity contribution < 1.29 is 4.79 Å². The lowest BCUT2D eigenvalue weighted by molar-refractivity contribution is -0.120. The van der Waals surface area contributed by atoms with E-state index < -0.39 is 0 Å². The molecule has 2 rings (SSSR count). The molecule has 0 aliphatic rings. The molecule has 0 fully saturated rings. The molecule has 0 aromatic carbocycles. The number of hydrogen-bond donors (Lipinski definition) is 3. The molecule has 0 bridgehead atoms. The third-order valence-electron chi connectivity index (χ3n) is 2.39. The first-order chi connectivity index (χ1) is 9.06. The van der Waals surface area contributed by atoms with E-state index in [1.165, 1.54) is 11.3 Å². The fraction of sp³-hybridized carbons (Fsp3) is 0.417. The van der Waals surface area contributed by atoms with Gasteiger partial charge in [-0.25, -0.2) is 4.98 Å². The minimum absolute atomic E-state index is 0.0750. The Hall–Kier alpha value is -1.73. The SMILES string of the molecule is CC(C)NC(=O)CNCc1nc2ccsc2c(=O)[nH]1. The van der Waals surface area contributed by atoms with Crippen molar-refractivity contribution in [2.75, 3.05) is 6.54 Å². The monoisotopic (exact) mass is 280 g/mol. The van der Waals surface area contributed by atoms with Gasteiger partial charge in [-0.3, -0.25) is 9.59 Å². The lowest BCUT2D eigenvalue weighted by Crippen LogP contribution is -2.37. The number of amides is 1. The lowest BCUT2D eigenvalue weighted by atomic mass is 10.4. The van der Waals surface area contributed by atoms with Crippen LogP contribution in [0.15, 0.2) is 16.2 Å². The van der Waals surface area contributed by atoms with Crippen LogP contribution >= 0.6 is 11.3 Å². The van der Waals surface area contributed by atoms with Crippen LogP contribution in [0.25, 0.3) is 10.2 Å². The molecule has 0 spiro atoms. The molecule has 0 radical (unpaired) electrons. The van der Waals surface area contributed by atoms with Crippen LogP contribution in [0, 0.1) is 0 Å². The third-order valence-corrected chi connectivity index (χ3v) is 3.29. The van der Waals surface area contributed by atoms with E-state index in [1.807, 2.05) is 25.3 Å². The van der Waals surface area contributed by atoms with Gasteiger partial charge in [0.25, 0.3) is 5.56 Å². The first-order valence-electron chi connectivity index (χ1n) is 6.02. The van der Waals surface area contributed by atoms with Crippen LogP contribution < -0.4 is 16.2 Å². The molecule has 19 heavy (non-hydrogen) atoms. The molecule has 0 saturated carbocycles. The maximum absolute atomic E-state index is 11.7. The molecule has 3 N–H and O–H groups in total. The Kier molecular flexibility index (Phi) is 4.28. The molecule has 0 unspecified atom stereocenters. The van der Waals surface area contributed by atoms with Crippen molar-refractivity contribution in [3.63, 3.8) is 0 Å². The molecule has 7 heteroatoms. The summed E-state index contributed by atoms with van der Waals surface area (Å²) >= 11 is 1.37. The average molecular weight is 280 g/mol. The highest BCUT2D eigenvalue weighted by Crippen LogP contribution is 2.13. The molecule has 1 amide bonds. The molecular formula is C12H16N4O2S. The summed E-state index contributed by atoms with van der Waals surface area (Å²) in [6.45, 7) is 4.36. The Morgan fingerprint density at radius 3 is 3.05 bits per heavy atom. The Morgan fingerprint density at radius 2 is 2.32 bits per heavy atom. The topological polar surface area (TPSA) is 86.9 Å². The number of carbonyl (C=O) groups excluding carboxylic acids is 1. The van der Waals surface area contributed by atoms with E-state index in [1.54, 1.807) is 0 Å². The number of nitrogens with one attached hydrogen (secondary N) is 3. The van der Waals surface area contributed by atoms with E-state index in [4.69, 9.17) is 0 Å². The summed E-state index contributed by atoms with van der Waals surface area (Å²) in [6, 6.07) is 1.93. The lowest BCUT2D eigenvalue weighted by Gasteiger charge is -2.08. The molecule has 0 atom stereocenters. The maximum atomic E-state index is 11.7. The second kappa shape index (κ2) is 5.94. The number of rotatable bonds is 5. The molecule has 0 aliphatic heterocycles. The number of H-pyrrole nitrogens is 1. The van der Waals surface area contributed by atoms with Crippen LogP contribution in [0.4, 0.5) is 0 Å². The molecular weight excluding hydrogens is 264 g/mol. The summed E-state index contributed by atoms with van der Waals surface area (Å²) in [5, 5.41) is 7.56. The van der Waals surface area contributed by atoms with Gasteiger partial charge in [0.15, 0.2) is 0 Å². The van der Waals surface area contributed by atoms with Crippen LogP contribution in [0.1, 0.15) is 19.7 Å². The number of nitrogens with zero attached hydrogens (tertiary/aromatic N) is 1. The second-order valence-corrected chi connectivity index (χ2v) is 5.39. The van der Waals surface area contributed by atoms with Gasteiger partial charge in [-0.2, -0.15) is 0 Å². The number of hydrogen-bond acceptors (Lipinski definition) is 5. The molecule has 6 nitrogen and oxygen atoms in total. The highest BCUT2D eigenvalue weighted by atomic mass is 32.1. The molecule has 2 aromatic rings. The zero-order valence-electron chi connectivity index (χ0n) is 10.8. The zero-order chi connectivity index (χ0) is 13.8. The molecule has 102 valence electrons. The summed E-state index contributed by atoms with van der Waals surface area (Å²) in [5.41, 5.74) is 0.556. The Morgan fingerprint density at radius 1 is 1.53 bits per heavy atom. The normalized spacial score (nSPS) is 11.1.